The van der Waals surface area contributed by atoms with E-state index in [9.17, 15) is 9.59 Å². The molecule has 30 heavy (non-hydrogen) atoms. The van der Waals surface area contributed by atoms with Crippen molar-refractivity contribution in [3.8, 4) is 17.4 Å². The van der Waals surface area contributed by atoms with E-state index in [4.69, 9.17) is 9.68 Å². The molecule has 0 spiro atoms. The number of benzene rings is 2. The lowest BCUT2D eigenvalue weighted by Gasteiger charge is -2.08. The van der Waals surface area contributed by atoms with E-state index in [-0.39, 0.29) is 16.9 Å². The SMILES string of the molecule is Cc1cc(C)c2oc(-c3ccc(C(=O)Nc4c(C#N)cnn4C)cc3)cc(=O)c2c1. The number of nitrogens with zero attached hydrogens (tertiary/aromatic N) is 3. The van der Waals surface area contributed by atoms with E-state index in [2.05, 4.69) is 10.4 Å². The first-order valence-corrected chi connectivity index (χ1v) is 9.26. The minimum atomic E-state index is -0.368. The Balaban J connectivity index is 1.65. The number of carbonyl (C=O) groups excluding carboxylic acids is 1. The average Bonchev–Trinajstić information content (AvgIpc) is 3.08. The number of aryl methyl sites for hydroxylation is 3. The molecule has 0 fully saturated rings. The molecule has 7 heteroatoms. The van der Waals surface area contributed by atoms with Crippen molar-refractivity contribution in [2.24, 2.45) is 7.05 Å². The molecule has 0 unspecified atom stereocenters. The third-order valence-corrected chi connectivity index (χ3v) is 4.88. The summed E-state index contributed by atoms with van der Waals surface area (Å²) in [5.74, 6) is 0.399. The Bertz CT molecular complexity index is 1390. The molecule has 0 aliphatic heterocycles. The van der Waals surface area contributed by atoms with Crippen molar-refractivity contribution in [2.45, 2.75) is 13.8 Å². The standard InChI is InChI=1S/C23H18N4O3/c1-13-8-14(2)21-18(9-13)19(28)10-20(30-21)15-4-6-16(7-5-15)23(29)26-22-17(11-24)12-25-27(22)3/h4-10,12H,1-3H3,(H,26,29). The molecule has 4 rings (SSSR count). The molecule has 1 amide bonds. The van der Waals surface area contributed by atoms with E-state index in [1.54, 1.807) is 31.3 Å². The maximum Gasteiger partial charge on any atom is 0.256 e. The second-order valence-corrected chi connectivity index (χ2v) is 7.11. The van der Waals surface area contributed by atoms with Gasteiger partial charge in [-0.3, -0.25) is 14.3 Å². The van der Waals surface area contributed by atoms with Gasteiger partial charge in [-0.15, -0.1) is 0 Å². The molecule has 2 aromatic carbocycles. The zero-order valence-corrected chi connectivity index (χ0v) is 16.7. The molecule has 0 saturated carbocycles. The van der Waals surface area contributed by atoms with Crippen molar-refractivity contribution in [3.63, 3.8) is 0 Å². The van der Waals surface area contributed by atoms with Crippen molar-refractivity contribution >= 4 is 22.7 Å². The Morgan fingerprint density at radius 1 is 1.17 bits per heavy atom. The highest BCUT2D eigenvalue weighted by Gasteiger charge is 2.14. The molecule has 1 N–H and O–H groups in total. The van der Waals surface area contributed by atoms with Crippen LogP contribution in [0.15, 0.2) is 57.9 Å². The lowest BCUT2D eigenvalue weighted by molar-refractivity contribution is 0.102. The molecule has 2 aromatic heterocycles. The van der Waals surface area contributed by atoms with Gasteiger partial charge in [0.2, 0.25) is 0 Å². The molecule has 0 bridgehead atoms. The van der Waals surface area contributed by atoms with E-state index >= 15 is 0 Å². The zero-order chi connectivity index (χ0) is 21.4. The Kier molecular flexibility index (Phi) is 4.68. The van der Waals surface area contributed by atoms with Crippen LogP contribution in [-0.2, 0) is 7.05 Å². The van der Waals surface area contributed by atoms with Gasteiger partial charge in [-0.05, 0) is 43.2 Å². The van der Waals surface area contributed by atoms with E-state index in [1.165, 1.54) is 16.9 Å². The number of nitrogens with one attached hydrogen (secondary N) is 1. The number of anilines is 1. The van der Waals surface area contributed by atoms with Gasteiger partial charge in [-0.25, -0.2) is 0 Å². The van der Waals surface area contributed by atoms with Crippen LogP contribution in [0.25, 0.3) is 22.3 Å². The molecular formula is C23H18N4O3. The predicted octanol–water partition coefficient (Wildman–Crippen LogP) is 3.93. The molecular weight excluding hydrogens is 380 g/mol. The molecule has 148 valence electrons. The number of carbonyl (C=O) groups is 1. The number of hydrogen-bond acceptors (Lipinski definition) is 5. The van der Waals surface area contributed by atoms with Crippen LogP contribution in [0.2, 0.25) is 0 Å². The maximum atomic E-state index is 12.6. The largest absolute Gasteiger partial charge is 0.456 e. The number of fused-ring (bicyclic) bond motifs is 1. The molecule has 7 nitrogen and oxygen atoms in total. The fraction of sp³-hybridized carbons (Fsp3) is 0.130. The fourth-order valence-electron chi connectivity index (χ4n) is 3.38. The summed E-state index contributed by atoms with van der Waals surface area (Å²) in [5.41, 5.74) is 3.71. The molecule has 2 heterocycles. The first-order chi connectivity index (χ1) is 14.4. The fourth-order valence-corrected chi connectivity index (χ4v) is 3.38. The summed E-state index contributed by atoms with van der Waals surface area (Å²) in [6.45, 7) is 3.85. The molecule has 0 aliphatic carbocycles. The van der Waals surface area contributed by atoms with Crippen molar-refractivity contribution in [1.82, 2.24) is 9.78 Å². The summed E-state index contributed by atoms with van der Waals surface area (Å²) in [5, 5.41) is 16.3. The minimum Gasteiger partial charge on any atom is -0.456 e. The summed E-state index contributed by atoms with van der Waals surface area (Å²) in [6.07, 6.45) is 1.39. The highest BCUT2D eigenvalue weighted by molar-refractivity contribution is 6.04. The first kappa shape index (κ1) is 19.2. The Morgan fingerprint density at radius 3 is 2.60 bits per heavy atom. The van der Waals surface area contributed by atoms with Crippen LogP contribution in [0, 0.1) is 25.2 Å². The molecule has 0 aliphatic rings. The Hall–Kier alpha value is -4.18. The van der Waals surface area contributed by atoms with Crippen LogP contribution in [0.5, 0.6) is 0 Å². The first-order valence-electron chi connectivity index (χ1n) is 9.26. The van der Waals surface area contributed by atoms with Gasteiger partial charge in [0.05, 0.1) is 11.6 Å². The van der Waals surface area contributed by atoms with Gasteiger partial charge < -0.3 is 9.73 Å². The summed E-state index contributed by atoms with van der Waals surface area (Å²) >= 11 is 0. The Labute approximate surface area is 172 Å². The summed E-state index contributed by atoms with van der Waals surface area (Å²) in [7, 11) is 1.64. The minimum absolute atomic E-state index is 0.111. The third kappa shape index (κ3) is 3.35. The molecule has 0 radical (unpaired) electrons. The van der Waals surface area contributed by atoms with Crippen molar-refractivity contribution < 1.29 is 9.21 Å². The second-order valence-electron chi connectivity index (χ2n) is 7.11. The normalized spacial score (nSPS) is 10.7. The smallest absolute Gasteiger partial charge is 0.256 e. The quantitative estimate of drug-likeness (QED) is 0.563. The predicted molar refractivity (Wildman–Crippen MR) is 113 cm³/mol. The second kappa shape index (κ2) is 7.33. The highest BCUT2D eigenvalue weighted by atomic mass is 16.3. The van der Waals surface area contributed by atoms with Gasteiger partial charge in [0.15, 0.2) is 5.43 Å². The monoisotopic (exact) mass is 398 g/mol. The Morgan fingerprint density at radius 2 is 1.90 bits per heavy atom. The summed E-state index contributed by atoms with van der Waals surface area (Å²) in [4.78, 5) is 25.1. The van der Waals surface area contributed by atoms with Crippen molar-refractivity contribution in [3.05, 3.63) is 81.1 Å². The van der Waals surface area contributed by atoms with E-state index in [0.29, 0.717) is 33.7 Å². The van der Waals surface area contributed by atoms with E-state index in [1.807, 2.05) is 32.0 Å². The van der Waals surface area contributed by atoms with Gasteiger partial charge in [0.1, 0.15) is 28.8 Å². The molecule has 0 saturated heterocycles. The number of nitriles is 1. The van der Waals surface area contributed by atoms with Gasteiger partial charge in [-0.2, -0.15) is 10.4 Å². The maximum absolute atomic E-state index is 12.6. The van der Waals surface area contributed by atoms with Crippen LogP contribution in [0.3, 0.4) is 0 Å². The molecule has 4 aromatic rings. The molecule has 0 atom stereocenters. The number of hydrogen-bond donors (Lipinski definition) is 1. The van der Waals surface area contributed by atoms with Crippen LogP contribution < -0.4 is 10.7 Å². The lowest BCUT2D eigenvalue weighted by atomic mass is 10.1. The van der Waals surface area contributed by atoms with Crippen molar-refractivity contribution in [2.75, 3.05) is 5.32 Å². The number of rotatable bonds is 3. The topological polar surface area (TPSA) is 101 Å². The van der Waals surface area contributed by atoms with Crippen molar-refractivity contribution in [1.29, 1.82) is 5.26 Å². The van der Waals surface area contributed by atoms with Crippen LogP contribution in [-0.4, -0.2) is 15.7 Å². The number of amides is 1. The average molecular weight is 398 g/mol. The van der Waals surface area contributed by atoms with Gasteiger partial charge in [-0.1, -0.05) is 18.2 Å². The highest BCUT2D eigenvalue weighted by Crippen LogP contribution is 2.25. The zero-order valence-electron chi connectivity index (χ0n) is 16.7. The van der Waals surface area contributed by atoms with Crippen LogP contribution in [0.4, 0.5) is 5.82 Å². The van der Waals surface area contributed by atoms with E-state index in [0.717, 1.165) is 11.1 Å². The summed E-state index contributed by atoms with van der Waals surface area (Å²) in [6, 6.07) is 14.0. The third-order valence-electron chi connectivity index (χ3n) is 4.88. The van der Waals surface area contributed by atoms with Crippen LogP contribution in [0.1, 0.15) is 27.0 Å². The van der Waals surface area contributed by atoms with Gasteiger partial charge >= 0.3 is 0 Å². The van der Waals surface area contributed by atoms with Gasteiger partial charge in [0.25, 0.3) is 5.91 Å². The van der Waals surface area contributed by atoms with Gasteiger partial charge in [0, 0.05) is 24.2 Å². The van der Waals surface area contributed by atoms with Crippen LogP contribution >= 0.6 is 0 Å². The lowest BCUT2D eigenvalue weighted by Crippen LogP contribution is -2.15. The van der Waals surface area contributed by atoms with E-state index < -0.39 is 0 Å². The summed E-state index contributed by atoms with van der Waals surface area (Å²) < 4.78 is 7.43. The number of aromatic nitrogens is 2.